The monoisotopic (exact) mass is 470 g/mol. The fraction of sp³-hybridized carbons (Fsp3) is 0.190. The first-order chi connectivity index (χ1) is 15.4. The van der Waals surface area contributed by atoms with Crippen LogP contribution in [-0.2, 0) is 11.2 Å². The number of thioether (sulfide) groups is 1. The van der Waals surface area contributed by atoms with Crippen molar-refractivity contribution >= 4 is 40.7 Å². The van der Waals surface area contributed by atoms with Crippen LogP contribution in [0.2, 0.25) is 5.02 Å². The van der Waals surface area contributed by atoms with Crippen LogP contribution >= 0.6 is 23.4 Å². The number of rotatable bonds is 7. The summed E-state index contributed by atoms with van der Waals surface area (Å²) in [6.07, 6.45) is 0.325. The molecule has 2 N–H and O–H groups in total. The second-order valence-corrected chi connectivity index (χ2v) is 8.32. The lowest BCUT2D eigenvalue weighted by molar-refractivity contribution is -0.113. The van der Waals surface area contributed by atoms with Crippen LogP contribution in [0.15, 0.2) is 52.4 Å². The number of hydrogen-bond acceptors (Lipinski definition) is 7. The highest BCUT2D eigenvalue weighted by Gasteiger charge is 2.14. The molecule has 4 aromatic rings. The van der Waals surface area contributed by atoms with Crippen molar-refractivity contribution in [3.8, 4) is 5.75 Å². The number of amides is 1. The number of ether oxygens (including phenoxy) is 1. The van der Waals surface area contributed by atoms with E-state index in [9.17, 15) is 9.59 Å². The van der Waals surface area contributed by atoms with E-state index in [0.717, 1.165) is 28.6 Å². The van der Waals surface area contributed by atoms with Gasteiger partial charge >= 0.3 is 0 Å². The van der Waals surface area contributed by atoms with Crippen LogP contribution in [0, 0.1) is 6.92 Å². The molecule has 164 valence electrons. The number of carbonyl (C=O) groups excluding carboxylic acids is 1. The molecule has 0 fully saturated rings. The SMILES string of the molecule is COc1ccc(Cc2nn3c(SCC(=O)Nc4cc(Cl)ccc4C)nnc3[nH]c2=O)cc1. The number of aryl methyl sites for hydroxylation is 1. The Morgan fingerprint density at radius 1 is 1.22 bits per heavy atom. The molecule has 0 aliphatic rings. The Morgan fingerprint density at radius 2 is 2.00 bits per heavy atom. The van der Waals surface area contributed by atoms with Crippen molar-refractivity contribution < 1.29 is 9.53 Å². The van der Waals surface area contributed by atoms with Gasteiger partial charge in [0.1, 0.15) is 11.4 Å². The van der Waals surface area contributed by atoms with Crippen LogP contribution in [0.4, 0.5) is 5.69 Å². The number of halogens is 1. The largest absolute Gasteiger partial charge is 0.497 e. The molecular formula is C21H19ClN6O3S. The minimum Gasteiger partial charge on any atom is -0.497 e. The van der Waals surface area contributed by atoms with E-state index in [1.165, 1.54) is 4.52 Å². The van der Waals surface area contributed by atoms with Crippen molar-refractivity contribution in [3.63, 3.8) is 0 Å². The lowest BCUT2D eigenvalue weighted by atomic mass is 10.1. The van der Waals surface area contributed by atoms with E-state index in [4.69, 9.17) is 16.3 Å². The number of hydrogen-bond donors (Lipinski definition) is 2. The maximum Gasteiger partial charge on any atom is 0.274 e. The lowest BCUT2D eigenvalue weighted by Gasteiger charge is -2.08. The molecule has 4 rings (SSSR count). The quantitative estimate of drug-likeness (QED) is 0.399. The first-order valence-corrected chi connectivity index (χ1v) is 11.0. The Balaban J connectivity index is 1.49. The molecule has 0 bridgehead atoms. The van der Waals surface area contributed by atoms with Crippen molar-refractivity contribution in [3.05, 3.63) is 74.7 Å². The molecule has 2 heterocycles. The van der Waals surface area contributed by atoms with Gasteiger partial charge in [0.15, 0.2) is 0 Å². The normalized spacial score (nSPS) is 11.0. The molecule has 1 amide bonds. The van der Waals surface area contributed by atoms with E-state index < -0.39 is 0 Å². The average molecular weight is 471 g/mol. The summed E-state index contributed by atoms with van der Waals surface area (Å²) in [5.41, 5.74) is 2.43. The van der Waals surface area contributed by atoms with Crippen LogP contribution in [0.25, 0.3) is 5.78 Å². The molecule has 0 saturated carbocycles. The first kappa shape index (κ1) is 21.8. The van der Waals surface area contributed by atoms with Crippen LogP contribution in [-0.4, -0.2) is 43.6 Å². The number of anilines is 1. The third kappa shape index (κ3) is 4.92. The number of aromatic amines is 1. The van der Waals surface area contributed by atoms with E-state index in [1.54, 1.807) is 19.2 Å². The molecule has 0 atom stereocenters. The summed E-state index contributed by atoms with van der Waals surface area (Å²) in [6.45, 7) is 1.88. The van der Waals surface area contributed by atoms with Gasteiger partial charge in [-0.1, -0.05) is 41.6 Å². The van der Waals surface area contributed by atoms with Crippen LogP contribution in [0.5, 0.6) is 5.75 Å². The van der Waals surface area contributed by atoms with Crippen molar-refractivity contribution in [1.29, 1.82) is 0 Å². The average Bonchev–Trinajstić information content (AvgIpc) is 3.17. The molecule has 0 spiro atoms. The van der Waals surface area contributed by atoms with E-state index in [1.807, 2.05) is 37.3 Å². The van der Waals surface area contributed by atoms with Crippen molar-refractivity contribution in [2.24, 2.45) is 0 Å². The van der Waals surface area contributed by atoms with Crippen molar-refractivity contribution in [1.82, 2.24) is 24.8 Å². The predicted octanol–water partition coefficient (Wildman–Crippen LogP) is 3.10. The van der Waals surface area contributed by atoms with Gasteiger partial charge in [0.05, 0.1) is 12.9 Å². The number of benzene rings is 2. The number of methoxy groups -OCH3 is 1. The smallest absolute Gasteiger partial charge is 0.274 e. The van der Waals surface area contributed by atoms with E-state index in [0.29, 0.717) is 28.0 Å². The Bertz CT molecular complexity index is 1340. The summed E-state index contributed by atoms with van der Waals surface area (Å²) >= 11 is 7.17. The summed E-state index contributed by atoms with van der Waals surface area (Å²) in [5.74, 6) is 0.804. The van der Waals surface area contributed by atoms with Gasteiger partial charge < -0.3 is 10.1 Å². The van der Waals surface area contributed by atoms with E-state index in [-0.39, 0.29) is 23.0 Å². The number of carbonyl (C=O) groups is 1. The first-order valence-electron chi connectivity index (χ1n) is 9.59. The molecule has 2 aromatic carbocycles. The summed E-state index contributed by atoms with van der Waals surface area (Å²) in [4.78, 5) is 27.5. The molecule has 11 heteroatoms. The molecule has 0 aliphatic heterocycles. The molecule has 2 aromatic heterocycles. The zero-order valence-electron chi connectivity index (χ0n) is 17.3. The fourth-order valence-corrected chi connectivity index (χ4v) is 3.81. The zero-order chi connectivity index (χ0) is 22.7. The van der Waals surface area contributed by atoms with Crippen LogP contribution < -0.4 is 15.6 Å². The second-order valence-electron chi connectivity index (χ2n) is 6.94. The Hall–Kier alpha value is -3.37. The van der Waals surface area contributed by atoms with Gasteiger partial charge in [-0.2, -0.15) is 9.61 Å². The van der Waals surface area contributed by atoms with E-state index >= 15 is 0 Å². The number of fused-ring (bicyclic) bond motifs is 1. The highest BCUT2D eigenvalue weighted by atomic mass is 35.5. The van der Waals surface area contributed by atoms with Gasteiger partial charge in [0.25, 0.3) is 11.3 Å². The van der Waals surface area contributed by atoms with Crippen molar-refractivity contribution in [2.75, 3.05) is 18.2 Å². The standard InChI is InChI=1S/C21H19ClN6O3S/c1-12-3-6-14(22)10-16(12)23-18(29)11-32-21-26-25-20-24-19(30)17(27-28(20)21)9-13-4-7-15(31-2)8-5-13/h3-8,10H,9,11H2,1-2H3,(H,23,29)(H,24,25,30). The predicted molar refractivity (Wildman–Crippen MR) is 123 cm³/mol. The lowest BCUT2D eigenvalue weighted by Crippen LogP contribution is -2.19. The third-order valence-electron chi connectivity index (χ3n) is 4.66. The van der Waals surface area contributed by atoms with Gasteiger partial charge in [0, 0.05) is 17.1 Å². The zero-order valence-corrected chi connectivity index (χ0v) is 18.8. The maximum atomic E-state index is 12.4. The minimum atomic E-state index is -0.341. The van der Waals surface area contributed by atoms with Gasteiger partial charge in [0.2, 0.25) is 11.1 Å². The number of H-pyrrole nitrogens is 1. The van der Waals surface area contributed by atoms with Crippen molar-refractivity contribution in [2.45, 2.75) is 18.5 Å². The molecule has 32 heavy (non-hydrogen) atoms. The fourth-order valence-electron chi connectivity index (χ4n) is 2.96. The highest BCUT2D eigenvalue weighted by molar-refractivity contribution is 7.99. The second kappa shape index (κ2) is 9.41. The number of nitrogens with one attached hydrogen (secondary N) is 2. The van der Waals surface area contributed by atoms with Gasteiger partial charge in [-0.25, -0.2) is 0 Å². The van der Waals surface area contributed by atoms with Crippen LogP contribution in [0.1, 0.15) is 16.8 Å². The van der Waals surface area contributed by atoms with Gasteiger partial charge in [-0.05, 0) is 42.3 Å². The molecule has 0 radical (unpaired) electrons. The molecular weight excluding hydrogens is 452 g/mol. The Morgan fingerprint density at radius 3 is 2.75 bits per heavy atom. The molecule has 0 saturated heterocycles. The number of nitrogens with zero attached hydrogens (tertiary/aromatic N) is 4. The Kier molecular flexibility index (Phi) is 6.42. The summed E-state index contributed by atoms with van der Waals surface area (Å²) in [5, 5.41) is 16.2. The van der Waals surface area contributed by atoms with Gasteiger partial charge in [-0.15, -0.1) is 10.2 Å². The molecule has 0 aliphatic carbocycles. The van der Waals surface area contributed by atoms with Crippen LogP contribution in [0.3, 0.4) is 0 Å². The Labute approximate surface area is 192 Å². The summed E-state index contributed by atoms with van der Waals surface area (Å²) < 4.78 is 6.59. The topological polar surface area (TPSA) is 114 Å². The number of aromatic nitrogens is 5. The summed E-state index contributed by atoms with van der Waals surface area (Å²) in [6, 6.07) is 12.7. The summed E-state index contributed by atoms with van der Waals surface area (Å²) in [7, 11) is 1.59. The highest BCUT2D eigenvalue weighted by Crippen LogP contribution is 2.21. The maximum absolute atomic E-state index is 12.4. The van der Waals surface area contributed by atoms with E-state index in [2.05, 4.69) is 25.6 Å². The minimum absolute atomic E-state index is 0.0847. The molecule has 9 nitrogen and oxygen atoms in total. The third-order valence-corrected chi connectivity index (χ3v) is 5.81. The molecule has 0 unspecified atom stereocenters. The van der Waals surface area contributed by atoms with Gasteiger partial charge in [-0.3, -0.25) is 14.6 Å².